The number of nitrogens with one attached hydrogen (secondary N) is 2. The van der Waals surface area contributed by atoms with Crippen molar-refractivity contribution in [2.75, 3.05) is 20.1 Å². The molecule has 0 fully saturated rings. The van der Waals surface area contributed by atoms with Crippen LogP contribution in [0.1, 0.15) is 5.76 Å². The fourth-order valence-electron chi connectivity index (χ4n) is 1.85. The molecule has 0 unspecified atom stereocenters. The number of hydrogen-bond donors (Lipinski definition) is 2. The van der Waals surface area contributed by atoms with Crippen molar-refractivity contribution in [2.45, 2.75) is 6.42 Å². The van der Waals surface area contributed by atoms with Gasteiger partial charge in [-0.3, -0.25) is 4.99 Å². The number of fused-ring (bicyclic) bond motifs is 1. The Balaban J connectivity index is 1.86. The minimum absolute atomic E-state index is 0.699. The Labute approximate surface area is 113 Å². The lowest BCUT2D eigenvalue weighted by molar-refractivity contribution is 0.545. The predicted molar refractivity (Wildman–Crippen MR) is 79.5 cm³/mol. The number of furan rings is 1. The van der Waals surface area contributed by atoms with Crippen LogP contribution in [0.2, 0.25) is 0 Å². The first-order valence-corrected chi connectivity index (χ1v) is 6.36. The normalized spacial score (nSPS) is 11.5. The second-order valence-corrected chi connectivity index (χ2v) is 4.17. The summed E-state index contributed by atoms with van der Waals surface area (Å²) in [4.78, 5) is 4.12. The van der Waals surface area contributed by atoms with Gasteiger partial charge in [0.25, 0.3) is 0 Å². The Morgan fingerprint density at radius 3 is 2.95 bits per heavy atom. The fraction of sp³-hybridized carbons (Fsp3) is 0.267. The molecule has 100 valence electrons. The summed E-state index contributed by atoms with van der Waals surface area (Å²) in [6, 6.07) is 10.1. The smallest absolute Gasteiger partial charge is 0.191 e. The zero-order valence-corrected chi connectivity index (χ0v) is 11.1. The van der Waals surface area contributed by atoms with Gasteiger partial charge in [-0.15, -0.1) is 6.58 Å². The Morgan fingerprint density at radius 1 is 1.37 bits per heavy atom. The van der Waals surface area contributed by atoms with Crippen molar-refractivity contribution in [3.8, 4) is 0 Å². The molecule has 0 aliphatic carbocycles. The third-order valence-electron chi connectivity index (χ3n) is 2.78. The zero-order valence-electron chi connectivity index (χ0n) is 11.1. The topological polar surface area (TPSA) is 49.6 Å². The molecule has 19 heavy (non-hydrogen) atoms. The highest BCUT2D eigenvalue weighted by Crippen LogP contribution is 2.18. The van der Waals surface area contributed by atoms with E-state index in [0.29, 0.717) is 6.54 Å². The number of nitrogens with zero attached hydrogens (tertiary/aromatic N) is 1. The molecule has 4 nitrogen and oxygen atoms in total. The maximum absolute atomic E-state index is 5.75. The maximum Gasteiger partial charge on any atom is 0.191 e. The van der Waals surface area contributed by atoms with Gasteiger partial charge in [0.15, 0.2) is 5.96 Å². The minimum atomic E-state index is 0.699. The molecule has 2 rings (SSSR count). The van der Waals surface area contributed by atoms with Crippen LogP contribution in [-0.2, 0) is 6.42 Å². The van der Waals surface area contributed by atoms with Crippen LogP contribution in [-0.4, -0.2) is 26.1 Å². The van der Waals surface area contributed by atoms with E-state index in [1.54, 1.807) is 13.1 Å². The summed E-state index contributed by atoms with van der Waals surface area (Å²) >= 11 is 0. The first-order valence-electron chi connectivity index (χ1n) is 6.36. The van der Waals surface area contributed by atoms with Crippen LogP contribution in [0.25, 0.3) is 11.0 Å². The molecule has 0 saturated heterocycles. The van der Waals surface area contributed by atoms with E-state index < -0.39 is 0 Å². The van der Waals surface area contributed by atoms with Gasteiger partial charge in [-0.1, -0.05) is 24.3 Å². The summed E-state index contributed by atoms with van der Waals surface area (Å²) in [5.41, 5.74) is 0.937. The van der Waals surface area contributed by atoms with Gasteiger partial charge in [0.1, 0.15) is 11.3 Å². The SMILES string of the molecule is C=CCNC(=NC)NCCc1cc2ccccc2o1. The monoisotopic (exact) mass is 257 g/mol. The number of guanidine groups is 1. The molecule has 1 heterocycles. The van der Waals surface area contributed by atoms with Gasteiger partial charge in [0.2, 0.25) is 0 Å². The van der Waals surface area contributed by atoms with Crippen molar-refractivity contribution in [1.29, 1.82) is 0 Å². The molecule has 1 aromatic heterocycles. The van der Waals surface area contributed by atoms with E-state index in [1.165, 1.54) is 0 Å². The van der Waals surface area contributed by atoms with Crippen molar-refractivity contribution in [3.05, 3.63) is 48.7 Å². The molecule has 1 aromatic carbocycles. The lowest BCUT2D eigenvalue weighted by atomic mass is 10.2. The van der Waals surface area contributed by atoms with Gasteiger partial charge in [0.05, 0.1) is 0 Å². The first kappa shape index (κ1) is 13.2. The molecule has 0 atom stereocenters. The van der Waals surface area contributed by atoms with E-state index >= 15 is 0 Å². The molecule has 4 heteroatoms. The highest BCUT2D eigenvalue weighted by atomic mass is 16.3. The molecule has 0 bridgehead atoms. The van der Waals surface area contributed by atoms with Gasteiger partial charge >= 0.3 is 0 Å². The summed E-state index contributed by atoms with van der Waals surface area (Å²) < 4.78 is 5.75. The number of para-hydroxylation sites is 1. The van der Waals surface area contributed by atoms with Crippen LogP contribution in [0, 0.1) is 0 Å². The van der Waals surface area contributed by atoms with E-state index in [4.69, 9.17) is 4.42 Å². The van der Waals surface area contributed by atoms with Crippen molar-refractivity contribution >= 4 is 16.9 Å². The number of aliphatic imine (C=N–C) groups is 1. The fourth-order valence-corrected chi connectivity index (χ4v) is 1.85. The molecule has 0 aliphatic heterocycles. The van der Waals surface area contributed by atoms with Crippen LogP contribution in [0.5, 0.6) is 0 Å². The highest BCUT2D eigenvalue weighted by molar-refractivity contribution is 5.80. The molecular formula is C15H19N3O. The standard InChI is InChI=1S/C15H19N3O/c1-3-9-17-15(16-2)18-10-8-13-11-12-6-4-5-7-14(12)19-13/h3-7,11H,1,8-10H2,2H3,(H2,16,17,18). The van der Waals surface area contributed by atoms with E-state index in [1.807, 2.05) is 18.2 Å². The average molecular weight is 257 g/mol. The number of benzene rings is 1. The van der Waals surface area contributed by atoms with Crippen LogP contribution < -0.4 is 10.6 Å². The van der Waals surface area contributed by atoms with Gasteiger partial charge < -0.3 is 15.1 Å². The van der Waals surface area contributed by atoms with Gasteiger partial charge in [0, 0.05) is 31.9 Å². The average Bonchev–Trinajstić information content (AvgIpc) is 2.85. The lowest BCUT2D eigenvalue weighted by Crippen LogP contribution is -2.38. The molecule has 0 spiro atoms. The van der Waals surface area contributed by atoms with E-state index in [-0.39, 0.29) is 0 Å². The van der Waals surface area contributed by atoms with Crippen molar-refractivity contribution in [3.63, 3.8) is 0 Å². The van der Waals surface area contributed by atoms with Crippen molar-refractivity contribution in [2.24, 2.45) is 4.99 Å². The van der Waals surface area contributed by atoms with Gasteiger partial charge in [-0.2, -0.15) is 0 Å². The second-order valence-electron chi connectivity index (χ2n) is 4.17. The summed E-state index contributed by atoms with van der Waals surface area (Å²) in [5.74, 6) is 1.75. The van der Waals surface area contributed by atoms with Gasteiger partial charge in [-0.05, 0) is 12.1 Å². The van der Waals surface area contributed by atoms with Crippen molar-refractivity contribution in [1.82, 2.24) is 10.6 Å². The number of rotatable bonds is 5. The summed E-state index contributed by atoms with van der Waals surface area (Å²) in [5, 5.41) is 7.50. The summed E-state index contributed by atoms with van der Waals surface area (Å²) in [7, 11) is 1.75. The van der Waals surface area contributed by atoms with E-state index in [9.17, 15) is 0 Å². The van der Waals surface area contributed by atoms with Gasteiger partial charge in [-0.25, -0.2) is 0 Å². The number of hydrogen-bond acceptors (Lipinski definition) is 2. The van der Waals surface area contributed by atoms with E-state index in [0.717, 1.165) is 35.7 Å². The predicted octanol–water partition coefficient (Wildman–Crippen LogP) is 2.33. The third kappa shape index (κ3) is 3.61. The lowest BCUT2D eigenvalue weighted by Gasteiger charge is -2.09. The highest BCUT2D eigenvalue weighted by Gasteiger charge is 2.03. The molecular weight excluding hydrogens is 238 g/mol. The molecule has 2 aromatic rings. The van der Waals surface area contributed by atoms with Crippen LogP contribution in [0.15, 0.2) is 52.4 Å². The van der Waals surface area contributed by atoms with Crippen molar-refractivity contribution < 1.29 is 4.42 Å². The quantitative estimate of drug-likeness (QED) is 0.491. The Hall–Kier alpha value is -2.23. The summed E-state index contributed by atoms with van der Waals surface area (Å²) in [6.07, 6.45) is 2.62. The van der Waals surface area contributed by atoms with Crippen LogP contribution in [0.3, 0.4) is 0 Å². The zero-order chi connectivity index (χ0) is 13.5. The maximum atomic E-state index is 5.75. The summed E-state index contributed by atoms with van der Waals surface area (Å²) in [6.45, 7) is 5.13. The molecule has 0 radical (unpaired) electrons. The minimum Gasteiger partial charge on any atom is -0.461 e. The third-order valence-corrected chi connectivity index (χ3v) is 2.78. The Kier molecular flexibility index (Phi) is 4.61. The molecule has 2 N–H and O–H groups in total. The first-order chi connectivity index (χ1) is 9.33. The largest absolute Gasteiger partial charge is 0.461 e. The molecule has 0 amide bonds. The van der Waals surface area contributed by atoms with Crippen LogP contribution >= 0.6 is 0 Å². The molecule has 0 aliphatic rings. The van der Waals surface area contributed by atoms with Crippen LogP contribution in [0.4, 0.5) is 0 Å². The second kappa shape index (κ2) is 6.64. The Bertz CT molecular complexity index is 539. The molecule has 0 saturated carbocycles. The van der Waals surface area contributed by atoms with E-state index in [2.05, 4.69) is 34.3 Å². The Morgan fingerprint density at radius 2 is 2.21 bits per heavy atom.